The van der Waals surface area contributed by atoms with Gasteiger partial charge in [0.2, 0.25) is 0 Å². The molecule has 0 atom stereocenters. The van der Waals surface area contributed by atoms with Crippen molar-refractivity contribution in [3.63, 3.8) is 0 Å². The highest BCUT2D eigenvalue weighted by molar-refractivity contribution is 5.99. The molecule has 0 bridgehead atoms. The molecule has 4 heteroatoms. The summed E-state index contributed by atoms with van der Waals surface area (Å²) in [6.07, 6.45) is 8.53. The molecule has 2 aromatic heterocycles. The predicted octanol–water partition coefficient (Wildman–Crippen LogP) is 17.1. The number of nitrogens with zero attached hydrogens (tertiary/aromatic N) is 3. The van der Waals surface area contributed by atoms with Crippen LogP contribution in [0.25, 0.3) is 95.0 Å². The van der Waals surface area contributed by atoms with Crippen molar-refractivity contribution in [1.82, 2.24) is 14.5 Å². The molecule has 0 aliphatic heterocycles. The summed E-state index contributed by atoms with van der Waals surface area (Å²) >= 11 is 0. The summed E-state index contributed by atoms with van der Waals surface area (Å²) in [6, 6.07) is 70.9. The fraction of sp³-hybridized carbons (Fsp3) is 0.156. The molecule has 1 aliphatic carbocycles. The average molecular weight is 882 g/mol. The van der Waals surface area contributed by atoms with Crippen LogP contribution in [-0.2, 0) is 5.41 Å². The first kappa shape index (κ1) is 42.8. The van der Waals surface area contributed by atoms with Crippen molar-refractivity contribution in [3.8, 4) is 89.7 Å². The van der Waals surface area contributed by atoms with Crippen LogP contribution in [-0.4, -0.2) is 19.6 Å². The monoisotopic (exact) mass is 881 g/mol. The summed E-state index contributed by atoms with van der Waals surface area (Å²) in [5.41, 5.74) is 18.4. The molecular weight excluding hydrogens is 827 g/mol. The van der Waals surface area contributed by atoms with Crippen LogP contribution in [0.1, 0.15) is 69.9 Å². The standard InChI is InChI=1S/C64H55N3O/c1-64(2,3)53-34-35-59(57(42-53)48-24-14-7-15-25-48)67-60-29-17-26-54(61(60)66-63(67)56-28-16-27-55(62(56)68)47-22-12-6-13-23-47)51-38-50(44-20-10-5-11-21-44)39-52(40-51)58-41-49(36-37-65-58)46-32-30-45(31-33-46)43-18-8-4-9-19-43/h5-7,10-17,20-43,68H,4,8-9,18-19H2,1-3H3. The topological polar surface area (TPSA) is 50.9 Å². The second kappa shape index (κ2) is 18.1. The molecule has 68 heavy (non-hydrogen) atoms. The zero-order valence-electron chi connectivity index (χ0n) is 39.0. The van der Waals surface area contributed by atoms with Gasteiger partial charge in [-0.25, -0.2) is 4.98 Å². The van der Waals surface area contributed by atoms with Gasteiger partial charge >= 0.3 is 0 Å². The van der Waals surface area contributed by atoms with E-state index in [-0.39, 0.29) is 11.2 Å². The van der Waals surface area contributed by atoms with E-state index in [2.05, 4.69) is 177 Å². The van der Waals surface area contributed by atoms with Gasteiger partial charge in [-0.15, -0.1) is 0 Å². The van der Waals surface area contributed by atoms with Crippen LogP contribution >= 0.6 is 0 Å². The number of rotatable bonds is 9. The molecule has 1 N–H and O–H groups in total. The second-order valence-corrected chi connectivity index (χ2v) is 19.4. The van der Waals surface area contributed by atoms with Crippen molar-refractivity contribution < 1.29 is 5.11 Å². The van der Waals surface area contributed by atoms with Gasteiger partial charge in [0.25, 0.3) is 0 Å². The van der Waals surface area contributed by atoms with E-state index in [1.807, 2.05) is 54.7 Å². The fourth-order valence-electron chi connectivity index (χ4n) is 10.3. The van der Waals surface area contributed by atoms with Gasteiger partial charge in [-0.1, -0.05) is 186 Å². The van der Waals surface area contributed by atoms with Gasteiger partial charge in [0, 0.05) is 28.5 Å². The summed E-state index contributed by atoms with van der Waals surface area (Å²) in [4.78, 5) is 10.6. The van der Waals surface area contributed by atoms with E-state index in [1.165, 1.54) is 48.8 Å². The third kappa shape index (κ3) is 8.32. The number of aromatic hydroxyl groups is 1. The Morgan fingerprint density at radius 3 is 1.78 bits per heavy atom. The van der Waals surface area contributed by atoms with Crippen molar-refractivity contribution in [3.05, 3.63) is 218 Å². The summed E-state index contributed by atoms with van der Waals surface area (Å²) < 4.78 is 2.25. The van der Waals surface area contributed by atoms with Crippen molar-refractivity contribution in [2.75, 3.05) is 0 Å². The first-order chi connectivity index (χ1) is 33.3. The van der Waals surface area contributed by atoms with Crippen LogP contribution in [0.2, 0.25) is 0 Å². The Morgan fingerprint density at radius 2 is 1.07 bits per heavy atom. The number of benzene rings is 8. The van der Waals surface area contributed by atoms with Crippen LogP contribution in [0, 0.1) is 0 Å². The SMILES string of the molecule is CC(C)(C)c1ccc(-n2c(-c3cccc(-c4ccccc4)c3O)nc3c(-c4cc(-c5ccccc5)cc(-c5cc(-c6ccc(C7CCCCC7)cc6)ccn5)c4)cccc32)c(-c2ccccc2)c1. The van der Waals surface area contributed by atoms with Crippen molar-refractivity contribution >= 4 is 11.0 Å². The number of phenols is 1. The molecule has 1 saturated carbocycles. The summed E-state index contributed by atoms with van der Waals surface area (Å²) in [5.74, 6) is 1.51. The van der Waals surface area contributed by atoms with Gasteiger partial charge < -0.3 is 5.11 Å². The molecule has 8 aromatic carbocycles. The van der Waals surface area contributed by atoms with E-state index >= 15 is 0 Å². The minimum Gasteiger partial charge on any atom is -0.507 e. The maximum absolute atomic E-state index is 12.4. The van der Waals surface area contributed by atoms with Gasteiger partial charge in [0.1, 0.15) is 11.6 Å². The molecule has 1 aliphatic rings. The lowest BCUT2D eigenvalue weighted by atomic mass is 9.84. The molecule has 2 heterocycles. The van der Waals surface area contributed by atoms with E-state index < -0.39 is 0 Å². The Morgan fingerprint density at radius 1 is 0.471 bits per heavy atom. The van der Waals surface area contributed by atoms with Gasteiger partial charge in [-0.05, 0) is 129 Å². The Bertz CT molecular complexity index is 3400. The van der Waals surface area contributed by atoms with Crippen molar-refractivity contribution in [2.24, 2.45) is 0 Å². The number of aromatic nitrogens is 3. The molecule has 0 radical (unpaired) electrons. The smallest absolute Gasteiger partial charge is 0.149 e. The lowest BCUT2D eigenvalue weighted by Crippen LogP contribution is -2.12. The number of para-hydroxylation sites is 2. The second-order valence-electron chi connectivity index (χ2n) is 19.4. The average Bonchev–Trinajstić information content (AvgIpc) is 3.79. The molecular formula is C64H55N3O. The van der Waals surface area contributed by atoms with Crippen molar-refractivity contribution in [2.45, 2.75) is 64.2 Å². The minimum atomic E-state index is -0.0770. The van der Waals surface area contributed by atoms with E-state index in [9.17, 15) is 5.11 Å². The Hall–Kier alpha value is -7.82. The largest absolute Gasteiger partial charge is 0.507 e. The number of phenolic OH excluding ortho intramolecular Hbond substituents is 1. The van der Waals surface area contributed by atoms with Crippen molar-refractivity contribution in [1.29, 1.82) is 0 Å². The third-order valence-electron chi connectivity index (χ3n) is 14.0. The number of fused-ring (bicyclic) bond motifs is 1. The first-order valence-electron chi connectivity index (χ1n) is 24.1. The maximum Gasteiger partial charge on any atom is 0.149 e. The van der Waals surface area contributed by atoms with E-state index in [4.69, 9.17) is 9.97 Å². The van der Waals surface area contributed by atoms with Gasteiger partial charge in [-0.3, -0.25) is 9.55 Å². The molecule has 0 unspecified atom stereocenters. The Labute approximate surface area is 400 Å². The van der Waals surface area contributed by atoms with E-state index in [0.717, 1.165) is 78.0 Å². The quantitative estimate of drug-likeness (QED) is 0.157. The highest BCUT2D eigenvalue weighted by Gasteiger charge is 2.25. The van der Waals surface area contributed by atoms with E-state index in [1.54, 1.807) is 0 Å². The van der Waals surface area contributed by atoms with Crippen LogP contribution in [0.3, 0.4) is 0 Å². The molecule has 10 aromatic rings. The first-order valence-corrected chi connectivity index (χ1v) is 24.1. The zero-order chi connectivity index (χ0) is 46.2. The minimum absolute atomic E-state index is 0.0770. The highest BCUT2D eigenvalue weighted by Crippen LogP contribution is 2.45. The summed E-state index contributed by atoms with van der Waals surface area (Å²) in [7, 11) is 0. The molecule has 0 saturated heterocycles. The predicted molar refractivity (Wildman–Crippen MR) is 283 cm³/mol. The van der Waals surface area contributed by atoms with Gasteiger partial charge in [0.05, 0.1) is 28.0 Å². The van der Waals surface area contributed by atoms with Crippen LogP contribution in [0.4, 0.5) is 0 Å². The normalized spacial score (nSPS) is 13.2. The molecule has 4 nitrogen and oxygen atoms in total. The van der Waals surface area contributed by atoms with Gasteiger partial charge in [-0.2, -0.15) is 0 Å². The zero-order valence-corrected chi connectivity index (χ0v) is 39.0. The fourth-order valence-corrected chi connectivity index (χ4v) is 10.3. The van der Waals surface area contributed by atoms with Crippen LogP contribution in [0.15, 0.2) is 206 Å². The lowest BCUT2D eigenvalue weighted by Gasteiger charge is -2.23. The van der Waals surface area contributed by atoms with E-state index in [0.29, 0.717) is 17.3 Å². The maximum atomic E-state index is 12.4. The molecule has 332 valence electrons. The number of hydrogen-bond acceptors (Lipinski definition) is 3. The Balaban J connectivity index is 1.12. The summed E-state index contributed by atoms with van der Waals surface area (Å²) in [5, 5.41) is 12.4. The number of pyridine rings is 1. The molecule has 11 rings (SSSR count). The van der Waals surface area contributed by atoms with Crippen LogP contribution < -0.4 is 0 Å². The van der Waals surface area contributed by atoms with Gasteiger partial charge in [0.15, 0.2) is 0 Å². The Kier molecular flexibility index (Phi) is 11.4. The number of hydrogen-bond donors (Lipinski definition) is 1. The highest BCUT2D eigenvalue weighted by atomic mass is 16.3. The molecule has 0 amide bonds. The third-order valence-corrected chi connectivity index (χ3v) is 14.0. The lowest BCUT2D eigenvalue weighted by molar-refractivity contribution is 0.443. The van der Waals surface area contributed by atoms with Crippen LogP contribution in [0.5, 0.6) is 5.75 Å². The summed E-state index contributed by atoms with van der Waals surface area (Å²) in [6.45, 7) is 6.77. The number of imidazole rings is 1. The molecule has 0 spiro atoms. The molecule has 1 fully saturated rings.